The van der Waals surface area contributed by atoms with E-state index >= 15 is 0 Å². The smallest absolute Gasteiger partial charge is 0.241 e. The number of carbonyl (C=O) groups is 1. The Morgan fingerprint density at radius 1 is 1.17 bits per heavy atom. The van der Waals surface area contributed by atoms with Gasteiger partial charge in [0.15, 0.2) is 0 Å². The maximum Gasteiger partial charge on any atom is 0.241 e. The SMILES string of the molecule is CCN(CC(=O)N(C)CCc1ccncc1)c1cccc(C)c1. The molecule has 1 heterocycles. The van der Waals surface area contributed by atoms with Gasteiger partial charge in [-0.2, -0.15) is 0 Å². The minimum atomic E-state index is 0.141. The molecular weight excluding hydrogens is 286 g/mol. The molecule has 0 radical (unpaired) electrons. The van der Waals surface area contributed by atoms with Crippen molar-refractivity contribution in [3.05, 3.63) is 59.9 Å². The molecule has 1 aromatic carbocycles. The third-order valence-electron chi connectivity index (χ3n) is 3.99. The van der Waals surface area contributed by atoms with E-state index in [2.05, 4.69) is 41.9 Å². The van der Waals surface area contributed by atoms with Crippen molar-refractivity contribution >= 4 is 11.6 Å². The third-order valence-corrected chi connectivity index (χ3v) is 3.99. The molecule has 1 amide bonds. The number of rotatable bonds is 7. The second-order valence-corrected chi connectivity index (χ2v) is 5.77. The number of amides is 1. The van der Waals surface area contributed by atoms with Gasteiger partial charge >= 0.3 is 0 Å². The van der Waals surface area contributed by atoms with Crippen LogP contribution in [0.5, 0.6) is 0 Å². The minimum absolute atomic E-state index is 0.141. The third kappa shape index (κ3) is 5.09. The zero-order valence-corrected chi connectivity index (χ0v) is 14.2. The summed E-state index contributed by atoms with van der Waals surface area (Å²) in [6, 6.07) is 12.3. The first-order chi connectivity index (χ1) is 11.1. The van der Waals surface area contributed by atoms with Crippen molar-refractivity contribution in [3.8, 4) is 0 Å². The largest absolute Gasteiger partial charge is 0.362 e. The summed E-state index contributed by atoms with van der Waals surface area (Å²) < 4.78 is 0. The van der Waals surface area contributed by atoms with E-state index in [1.54, 1.807) is 17.3 Å². The molecule has 0 aliphatic carbocycles. The van der Waals surface area contributed by atoms with Crippen LogP contribution >= 0.6 is 0 Å². The molecule has 0 saturated heterocycles. The molecule has 4 heteroatoms. The number of benzene rings is 1. The Hall–Kier alpha value is -2.36. The Bertz CT molecular complexity index is 628. The Labute approximate surface area is 138 Å². The van der Waals surface area contributed by atoms with Crippen LogP contribution in [-0.2, 0) is 11.2 Å². The zero-order chi connectivity index (χ0) is 16.7. The summed E-state index contributed by atoms with van der Waals surface area (Å²) in [4.78, 5) is 20.4. The molecule has 0 unspecified atom stereocenters. The fourth-order valence-corrected chi connectivity index (χ4v) is 2.47. The maximum atomic E-state index is 12.5. The van der Waals surface area contributed by atoms with Crippen LogP contribution in [-0.4, -0.2) is 42.5 Å². The highest BCUT2D eigenvalue weighted by Gasteiger charge is 2.14. The van der Waals surface area contributed by atoms with Crippen molar-refractivity contribution in [1.29, 1.82) is 0 Å². The quantitative estimate of drug-likeness (QED) is 0.789. The van der Waals surface area contributed by atoms with Crippen molar-refractivity contribution in [2.24, 2.45) is 0 Å². The Balaban J connectivity index is 1.91. The van der Waals surface area contributed by atoms with Gasteiger partial charge < -0.3 is 9.80 Å². The van der Waals surface area contributed by atoms with E-state index in [1.165, 1.54) is 11.1 Å². The van der Waals surface area contributed by atoms with E-state index in [0.717, 1.165) is 18.7 Å². The lowest BCUT2D eigenvalue weighted by molar-refractivity contribution is -0.128. The number of anilines is 1. The van der Waals surface area contributed by atoms with Crippen molar-refractivity contribution in [2.75, 3.05) is 31.6 Å². The van der Waals surface area contributed by atoms with Crippen LogP contribution in [0.15, 0.2) is 48.8 Å². The standard InChI is InChI=1S/C19H25N3O/c1-4-22(18-7-5-6-16(2)14-18)15-19(23)21(3)13-10-17-8-11-20-12-9-17/h5-9,11-12,14H,4,10,13,15H2,1-3H3. The molecule has 0 aliphatic heterocycles. The van der Waals surface area contributed by atoms with E-state index in [1.807, 2.05) is 25.2 Å². The van der Waals surface area contributed by atoms with E-state index in [4.69, 9.17) is 0 Å². The predicted molar refractivity (Wildman–Crippen MR) is 94.6 cm³/mol. The summed E-state index contributed by atoms with van der Waals surface area (Å²) in [6.45, 7) is 6.08. The monoisotopic (exact) mass is 311 g/mol. The highest BCUT2D eigenvalue weighted by Crippen LogP contribution is 2.15. The van der Waals surface area contributed by atoms with Gasteiger partial charge in [0.2, 0.25) is 5.91 Å². The average molecular weight is 311 g/mol. The lowest BCUT2D eigenvalue weighted by atomic mass is 10.2. The maximum absolute atomic E-state index is 12.5. The molecule has 4 nitrogen and oxygen atoms in total. The number of carbonyl (C=O) groups excluding carboxylic acids is 1. The van der Waals surface area contributed by atoms with Crippen LogP contribution in [0.4, 0.5) is 5.69 Å². The fraction of sp³-hybridized carbons (Fsp3) is 0.368. The predicted octanol–water partition coefficient (Wildman–Crippen LogP) is 2.92. The Kier molecular flexibility index (Phi) is 6.15. The van der Waals surface area contributed by atoms with Crippen molar-refractivity contribution in [3.63, 3.8) is 0 Å². The van der Waals surface area contributed by atoms with Crippen LogP contribution < -0.4 is 4.90 Å². The van der Waals surface area contributed by atoms with Gasteiger partial charge in [-0.3, -0.25) is 9.78 Å². The molecule has 0 spiro atoms. The van der Waals surface area contributed by atoms with Crippen molar-refractivity contribution < 1.29 is 4.79 Å². The molecule has 1 aromatic heterocycles. The fourth-order valence-electron chi connectivity index (χ4n) is 2.47. The average Bonchev–Trinajstić information content (AvgIpc) is 2.58. The number of pyridine rings is 1. The van der Waals surface area contributed by atoms with Gasteiger partial charge in [0.1, 0.15) is 0 Å². The first-order valence-electron chi connectivity index (χ1n) is 8.04. The Morgan fingerprint density at radius 3 is 2.57 bits per heavy atom. The number of likely N-dealkylation sites (N-methyl/N-ethyl adjacent to an activating group) is 2. The van der Waals surface area contributed by atoms with Crippen molar-refractivity contribution in [2.45, 2.75) is 20.3 Å². The summed E-state index contributed by atoms with van der Waals surface area (Å²) in [5.74, 6) is 0.141. The van der Waals surface area contributed by atoms with Crippen molar-refractivity contribution in [1.82, 2.24) is 9.88 Å². The van der Waals surface area contributed by atoms with Gasteiger partial charge in [0.25, 0.3) is 0 Å². The molecule has 0 aliphatic rings. The van der Waals surface area contributed by atoms with Crippen LogP contribution in [0, 0.1) is 6.92 Å². The second kappa shape index (κ2) is 8.32. The van der Waals surface area contributed by atoms with Gasteiger partial charge in [0, 0.05) is 38.2 Å². The molecule has 0 atom stereocenters. The number of hydrogen-bond donors (Lipinski definition) is 0. The molecule has 0 bridgehead atoms. The number of aromatic nitrogens is 1. The summed E-state index contributed by atoms with van der Waals surface area (Å²) in [5, 5.41) is 0. The highest BCUT2D eigenvalue weighted by molar-refractivity contribution is 5.81. The van der Waals surface area contributed by atoms with Crippen LogP contribution in [0.25, 0.3) is 0 Å². The van der Waals surface area contributed by atoms with Gasteiger partial charge in [-0.15, -0.1) is 0 Å². The van der Waals surface area contributed by atoms with Gasteiger partial charge in [-0.1, -0.05) is 12.1 Å². The van der Waals surface area contributed by atoms with Crippen LogP contribution in [0.3, 0.4) is 0 Å². The molecular formula is C19H25N3O. The topological polar surface area (TPSA) is 36.4 Å². The number of nitrogens with zero attached hydrogens (tertiary/aromatic N) is 3. The molecule has 0 saturated carbocycles. The lowest BCUT2D eigenvalue weighted by Crippen LogP contribution is -2.39. The first kappa shape index (κ1) is 17.0. The van der Waals surface area contributed by atoms with E-state index in [0.29, 0.717) is 13.1 Å². The Morgan fingerprint density at radius 2 is 1.91 bits per heavy atom. The van der Waals surface area contributed by atoms with E-state index < -0.39 is 0 Å². The summed E-state index contributed by atoms with van der Waals surface area (Å²) in [6.07, 6.45) is 4.42. The van der Waals surface area contributed by atoms with Gasteiger partial charge in [-0.25, -0.2) is 0 Å². The summed E-state index contributed by atoms with van der Waals surface area (Å²) in [5.41, 5.74) is 3.51. The van der Waals surface area contributed by atoms with E-state index in [-0.39, 0.29) is 5.91 Å². The molecule has 0 fully saturated rings. The number of hydrogen-bond acceptors (Lipinski definition) is 3. The van der Waals surface area contributed by atoms with Gasteiger partial charge in [0.05, 0.1) is 6.54 Å². The first-order valence-corrected chi connectivity index (χ1v) is 8.04. The lowest BCUT2D eigenvalue weighted by Gasteiger charge is -2.26. The highest BCUT2D eigenvalue weighted by atomic mass is 16.2. The van der Waals surface area contributed by atoms with Gasteiger partial charge in [-0.05, 0) is 55.7 Å². The summed E-state index contributed by atoms with van der Waals surface area (Å²) in [7, 11) is 1.87. The minimum Gasteiger partial charge on any atom is -0.362 e. The molecule has 2 aromatic rings. The normalized spacial score (nSPS) is 10.4. The molecule has 0 N–H and O–H groups in total. The second-order valence-electron chi connectivity index (χ2n) is 5.77. The van der Waals surface area contributed by atoms with Crippen LogP contribution in [0.1, 0.15) is 18.1 Å². The summed E-state index contributed by atoms with van der Waals surface area (Å²) >= 11 is 0. The molecule has 23 heavy (non-hydrogen) atoms. The zero-order valence-electron chi connectivity index (χ0n) is 14.2. The van der Waals surface area contributed by atoms with E-state index in [9.17, 15) is 4.79 Å². The molecule has 122 valence electrons. The van der Waals surface area contributed by atoms with Crippen LogP contribution in [0.2, 0.25) is 0 Å². The number of aryl methyl sites for hydroxylation is 1. The molecule has 2 rings (SSSR count).